The van der Waals surface area contributed by atoms with Crippen molar-refractivity contribution >= 4 is 21.7 Å². The van der Waals surface area contributed by atoms with E-state index in [4.69, 9.17) is 4.74 Å². The Morgan fingerprint density at radius 2 is 2.21 bits per heavy atom. The number of aromatic nitrogens is 1. The predicted octanol–water partition coefficient (Wildman–Crippen LogP) is 3.42. The first kappa shape index (κ1) is 13.7. The number of rotatable bonds is 4. The minimum Gasteiger partial charge on any atom is -0.480 e. The van der Waals surface area contributed by atoms with E-state index >= 15 is 0 Å². The number of halogens is 2. The van der Waals surface area contributed by atoms with Crippen LogP contribution in [0.4, 0.5) is 4.39 Å². The van der Waals surface area contributed by atoms with Gasteiger partial charge in [0.05, 0.1) is 17.1 Å². The Morgan fingerprint density at radius 3 is 2.89 bits per heavy atom. The summed E-state index contributed by atoms with van der Waals surface area (Å²) in [5, 5.41) is 0. The molecule has 19 heavy (non-hydrogen) atoms. The van der Waals surface area contributed by atoms with Crippen LogP contribution in [0, 0.1) is 5.82 Å². The van der Waals surface area contributed by atoms with E-state index in [1.807, 2.05) is 0 Å². The first-order valence-electron chi connectivity index (χ1n) is 5.58. The monoisotopic (exact) mass is 323 g/mol. The molecule has 1 heterocycles. The van der Waals surface area contributed by atoms with Gasteiger partial charge in [-0.3, -0.25) is 4.79 Å². The lowest BCUT2D eigenvalue weighted by atomic mass is 10.0. The Labute approximate surface area is 118 Å². The van der Waals surface area contributed by atoms with Crippen LogP contribution < -0.4 is 4.74 Å². The summed E-state index contributed by atoms with van der Waals surface area (Å²) in [6.07, 6.45) is 1.73. The highest BCUT2D eigenvalue weighted by Crippen LogP contribution is 2.20. The molecule has 0 amide bonds. The molecule has 0 saturated carbocycles. The van der Waals surface area contributed by atoms with E-state index in [0.29, 0.717) is 15.9 Å². The molecule has 0 bridgehead atoms. The highest BCUT2D eigenvalue weighted by atomic mass is 79.9. The highest BCUT2D eigenvalue weighted by molar-refractivity contribution is 9.10. The molecule has 3 nitrogen and oxygen atoms in total. The van der Waals surface area contributed by atoms with Crippen molar-refractivity contribution in [1.82, 2.24) is 4.98 Å². The van der Waals surface area contributed by atoms with Gasteiger partial charge in [0.15, 0.2) is 5.78 Å². The summed E-state index contributed by atoms with van der Waals surface area (Å²) in [6, 6.07) is 7.84. The van der Waals surface area contributed by atoms with Crippen molar-refractivity contribution < 1.29 is 13.9 Å². The standard InChI is InChI=1S/C14H11BrFNO2/c1-19-14-10(3-2-6-17-14)13(18)8-9-4-5-12(16)11(15)7-9/h2-7H,8H2,1H3. The van der Waals surface area contributed by atoms with Crippen LogP contribution in [-0.4, -0.2) is 17.9 Å². The zero-order valence-electron chi connectivity index (χ0n) is 10.2. The number of hydrogen-bond acceptors (Lipinski definition) is 3. The van der Waals surface area contributed by atoms with Crippen molar-refractivity contribution in [3.8, 4) is 5.88 Å². The number of ether oxygens (including phenoxy) is 1. The van der Waals surface area contributed by atoms with Gasteiger partial charge in [-0.15, -0.1) is 0 Å². The quantitative estimate of drug-likeness (QED) is 0.809. The van der Waals surface area contributed by atoms with Crippen molar-refractivity contribution in [1.29, 1.82) is 0 Å². The zero-order chi connectivity index (χ0) is 13.8. The number of pyridine rings is 1. The first-order valence-corrected chi connectivity index (χ1v) is 6.37. The molecule has 2 rings (SSSR count). The largest absolute Gasteiger partial charge is 0.480 e. The Hall–Kier alpha value is -1.75. The topological polar surface area (TPSA) is 39.2 Å². The van der Waals surface area contributed by atoms with Crippen LogP contribution >= 0.6 is 15.9 Å². The third-order valence-electron chi connectivity index (χ3n) is 2.61. The van der Waals surface area contributed by atoms with Gasteiger partial charge >= 0.3 is 0 Å². The fraction of sp³-hybridized carbons (Fsp3) is 0.143. The van der Waals surface area contributed by atoms with Crippen LogP contribution in [-0.2, 0) is 6.42 Å². The van der Waals surface area contributed by atoms with E-state index in [0.717, 1.165) is 5.56 Å². The fourth-order valence-electron chi connectivity index (χ4n) is 1.70. The number of carbonyl (C=O) groups is 1. The zero-order valence-corrected chi connectivity index (χ0v) is 11.8. The molecule has 0 aliphatic heterocycles. The summed E-state index contributed by atoms with van der Waals surface area (Å²) in [4.78, 5) is 16.1. The van der Waals surface area contributed by atoms with Gasteiger partial charge in [-0.2, -0.15) is 0 Å². The SMILES string of the molecule is COc1ncccc1C(=O)Cc1ccc(F)c(Br)c1. The van der Waals surface area contributed by atoms with Crippen molar-refractivity contribution in [3.63, 3.8) is 0 Å². The van der Waals surface area contributed by atoms with E-state index in [-0.39, 0.29) is 18.0 Å². The lowest BCUT2D eigenvalue weighted by molar-refractivity contribution is 0.0989. The lowest BCUT2D eigenvalue weighted by Gasteiger charge is -2.06. The molecule has 0 aliphatic carbocycles. The van der Waals surface area contributed by atoms with Crippen LogP contribution in [0.1, 0.15) is 15.9 Å². The molecule has 0 aliphatic rings. The summed E-state index contributed by atoms with van der Waals surface area (Å²) in [7, 11) is 1.47. The second kappa shape index (κ2) is 5.93. The summed E-state index contributed by atoms with van der Waals surface area (Å²) in [5.74, 6) is -0.174. The summed E-state index contributed by atoms with van der Waals surface area (Å²) in [6.45, 7) is 0. The maximum Gasteiger partial charge on any atom is 0.224 e. The van der Waals surface area contributed by atoms with Gasteiger partial charge in [0, 0.05) is 12.6 Å². The smallest absolute Gasteiger partial charge is 0.224 e. The van der Waals surface area contributed by atoms with Crippen LogP contribution in [0.5, 0.6) is 5.88 Å². The molecular formula is C14H11BrFNO2. The van der Waals surface area contributed by atoms with Crippen LogP contribution in [0.15, 0.2) is 41.0 Å². The van der Waals surface area contributed by atoms with Crippen molar-refractivity contribution in [2.24, 2.45) is 0 Å². The molecule has 98 valence electrons. The molecule has 0 saturated heterocycles. The average Bonchev–Trinajstić information content (AvgIpc) is 2.43. The van der Waals surface area contributed by atoms with E-state index in [1.165, 1.54) is 13.2 Å². The molecule has 0 radical (unpaired) electrons. The van der Waals surface area contributed by atoms with Gasteiger partial charge < -0.3 is 4.74 Å². The predicted molar refractivity (Wildman–Crippen MR) is 72.9 cm³/mol. The van der Waals surface area contributed by atoms with Gasteiger partial charge in [-0.25, -0.2) is 9.37 Å². The van der Waals surface area contributed by atoms with Gasteiger partial charge in [-0.1, -0.05) is 6.07 Å². The second-order valence-corrected chi connectivity index (χ2v) is 4.76. The fourth-order valence-corrected chi connectivity index (χ4v) is 2.12. The minimum absolute atomic E-state index is 0.122. The third kappa shape index (κ3) is 3.17. The number of carbonyl (C=O) groups excluding carboxylic acids is 1. The van der Waals surface area contributed by atoms with E-state index in [1.54, 1.807) is 30.5 Å². The minimum atomic E-state index is -0.352. The van der Waals surface area contributed by atoms with Gasteiger partial charge in [0.25, 0.3) is 0 Å². The average molecular weight is 324 g/mol. The normalized spacial score (nSPS) is 10.3. The molecule has 0 spiro atoms. The first-order chi connectivity index (χ1) is 9.11. The number of hydrogen-bond donors (Lipinski definition) is 0. The number of Topliss-reactive ketones (excluding diaryl/α,β-unsaturated/α-hetero) is 1. The lowest BCUT2D eigenvalue weighted by Crippen LogP contribution is -2.07. The maximum absolute atomic E-state index is 13.1. The van der Waals surface area contributed by atoms with Crippen LogP contribution in [0.3, 0.4) is 0 Å². The number of benzene rings is 1. The molecule has 1 aromatic carbocycles. The maximum atomic E-state index is 13.1. The van der Waals surface area contributed by atoms with Gasteiger partial charge in [-0.05, 0) is 45.8 Å². The Bertz CT molecular complexity index is 616. The molecule has 0 atom stereocenters. The third-order valence-corrected chi connectivity index (χ3v) is 3.22. The van der Waals surface area contributed by atoms with E-state index in [2.05, 4.69) is 20.9 Å². The molecule has 2 aromatic rings. The number of methoxy groups -OCH3 is 1. The summed E-state index contributed by atoms with van der Waals surface area (Å²) >= 11 is 3.10. The highest BCUT2D eigenvalue weighted by Gasteiger charge is 2.14. The van der Waals surface area contributed by atoms with Crippen molar-refractivity contribution in [2.45, 2.75) is 6.42 Å². The number of nitrogens with zero attached hydrogens (tertiary/aromatic N) is 1. The molecular weight excluding hydrogens is 313 g/mol. The molecule has 0 fully saturated rings. The second-order valence-electron chi connectivity index (χ2n) is 3.91. The summed E-state index contributed by atoms with van der Waals surface area (Å²) in [5.41, 5.74) is 1.15. The molecule has 1 aromatic heterocycles. The molecule has 0 N–H and O–H groups in total. The summed E-state index contributed by atoms with van der Waals surface area (Å²) < 4.78 is 18.5. The van der Waals surface area contributed by atoms with Crippen molar-refractivity contribution in [2.75, 3.05) is 7.11 Å². The van der Waals surface area contributed by atoms with E-state index in [9.17, 15) is 9.18 Å². The van der Waals surface area contributed by atoms with E-state index < -0.39 is 0 Å². The number of ketones is 1. The molecule has 5 heteroatoms. The van der Waals surface area contributed by atoms with Gasteiger partial charge in [0.2, 0.25) is 5.88 Å². The van der Waals surface area contributed by atoms with Crippen molar-refractivity contribution in [3.05, 3.63) is 57.9 Å². The van der Waals surface area contributed by atoms with Crippen LogP contribution in [0.25, 0.3) is 0 Å². The Morgan fingerprint density at radius 1 is 1.42 bits per heavy atom. The Kier molecular flexibility index (Phi) is 4.27. The Balaban J connectivity index is 2.23. The molecule has 0 unspecified atom stereocenters. The van der Waals surface area contributed by atoms with Crippen LogP contribution in [0.2, 0.25) is 0 Å². The van der Waals surface area contributed by atoms with Gasteiger partial charge in [0.1, 0.15) is 5.82 Å².